The van der Waals surface area contributed by atoms with Crippen molar-refractivity contribution in [1.29, 1.82) is 5.41 Å². The fraction of sp³-hybridized carbons (Fsp3) is 0.364. The van der Waals surface area contributed by atoms with Gasteiger partial charge in [0.25, 0.3) is 11.8 Å². The standard InChI is InChI=1S/C22H25FN6O3/c1-14(2)20(30)29-7-4-16(11-18(29)24)28-8-9-32-17-10-15(12-26-19(17)28)21(31)27-6-3-5-22(23,25)13-27/h4,7,10-12,24H,1,3,5-6,8-9,13,25H2,2H3. The van der Waals surface area contributed by atoms with Crippen molar-refractivity contribution in [2.45, 2.75) is 25.6 Å². The molecule has 2 aromatic heterocycles. The highest BCUT2D eigenvalue weighted by Gasteiger charge is 2.34. The van der Waals surface area contributed by atoms with Crippen molar-refractivity contribution in [2.24, 2.45) is 5.73 Å². The number of carbonyl (C=O) groups excluding carboxylic acids is 2. The number of hydrogen-bond donors (Lipinski definition) is 2. The van der Waals surface area contributed by atoms with E-state index in [1.807, 2.05) is 4.90 Å². The van der Waals surface area contributed by atoms with E-state index in [0.717, 1.165) is 0 Å². The first-order valence-electron chi connectivity index (χ1n) is 10.3. The second-order valence-corrected chi connectivity index (χ2v) is 8.14. The van der Waals surface area contributed by atoms with Gasteiger partial charge in [0.05, 0.1) is 18.7 Å². The number of rotatable bonds is 3. The van der Waals surface area contributed by atoms with Crippen molar-refractivity contribution in [3.63, 3.8) is 0 Å². The predicted molar refractivity (Wildman–Crippen MR) is 116 cm³/mol. The number of halogens is 1. The van der Waals surface area contributed by atoms with Crippen molar-refractivity contribution in [3.8, 4) is 5.75 Å². The van der Waals surface area contributed by atoms with Gasteiger partial charge in [-0.3, -0.25) is 25.3 Å². The monoisotopic (exact) mass is 440 g/mol. The minimum atomic E-state index is -1.88. The number of pyridine rings is 2. The van der Waals surface area contributed by atoms with Gasteiger partial charge in [0, 0.05) is 36.3 Å². The maximum absolute atomic E-state index is 14.2. The van der Waals surface area contributed by atoms with E-state index in [1.54, 1.807) is 25.1 Å². The molecule has 3 N–H and O–H groups in total. The van der Waals surface area contributed by atoms with Gasteiger partial charge in [0.15, 0.2) is 17.4 Å². The van der Waals surface area contributed by atoms with Crippen LogP contribution in [0.2, 0.25) is 0 Å². The summed E-state index contributed by atoms with van der Waals surface area (Å²) in [4.78, 5) is 32.7. The van der Waals surface area contributed by atoms with Crippen LogP contribution in [0.5, 0.6) is 5.75 Å². The molecule has 2 aromatic rings. The Morgan fingerprint density at radius 2 is 2.12 bits per heavy atom. The van der Waals surface area contributed by atoms with E-state index in [9.17, 15) is 14.0 Å². The third-order valence-electron chi connectivity index (χ3n) is 5.50. The number of likely N-dealkylation sites (tertiary alicyclic amines) is 1. The molecule has 4 heterocycles. The molecule has 1 fully saturated rings. The van der Waals surface area contributed by atoms with Crippen molar-refractivity contribution in [1.82, 2.24) is 14.5 Å². The SMILES string of the molecule is C=C(C)C(=O)n1ccc(N2CCOc3cc(C(=O)N4CCCC(N)(F)C4)cnc32)cc1=N. The van der Waals surface area contributed by atoms with Crippen LogP contribution < -0.4 is 20.9 Å². The highest BCUT2D eigenvalue weighted by atomic mass is 19.1. The molecule has 0 saturated carbocycles. The molecule has 4 rings (SSSR count). The zero-order chi connectivity index (χ0) is 23.0. The third-order valence-corrected chi connectivity index (χ3v) is 5.50. The Balaban J connectivity index is 1.61. The Bertz CT molecular complexity index is 1160. The number of nitrogens with two attached hydrogens (primary N) is 1. The Labute approximate surface area is 184 Å². The van der Waals surface area contributed by atoms with Crippen molar-refractivity contribution >= 4 is 23.3 Å². The fourth-order valence-electron chi connectivity index (χ4n) is 3.90. The number of amides is 1. The Morgan fingerprint density at radius 1 is 1.34 bits per heavy atom. The first-order chi connectivity index (χ1) is 15.2. The number of aromatic nitrogens is 2. The van der Waals surface area contributed by atoms with Crippen LogP contribution in [0.15, 0.2) is 42.7 Å². The Morgan fingerprint density at radius 3 is 2.81 bits per heavy atom. The molecule has 32 heavy (non-hydrogen) atoms. The molecule has 0 aromatic carbocycles. The van der Waals surface area contributed by atoms with Crippen molar-refractivity contribution in [2.75, 3.05) is 31.1 Å². The highest BCUT2D eigenvalue weighted by molar-refractivity contribution is 5.95. The molecule has 2 aliphatic heterocycles. The number of anilines is 2. The molecular weight excluding hydrogens is 415 g/mol. The Kier molecular flexibility index (Phi) is 5.55. The van der Waals surface area contributed by atoms with Crippen LogP contribution in [0.3, 0.4) is 0 Å². The molecule has 0 radical (unpaired) electrons. The number of fused-ring (bicyclic) bond motifs is 1. The summed E-state index contributed by atoms with van der Waals surface area (Å²) in [5, 5.41) is 8.21. The van der Waals surface area contributed by atoms with E-state index in [1.165, 1.54) is 21.9 Å². The molecule has 9 nitrogen and oxygen atoms in total. The molecule has 1 amide bonds. The fourth-order valence-corrected chi connectivity index (χ4v) is 3.90. The second-order valence-electron chi connectivity index (χ2n) is 8.14. The lowest BCUT2D eigenvalue weighted by Crippen LogP contribution is -2.52. The van der Waals surface area contributed by atoms with E-state index in [0.29, 0.717) is 54.5 Å². The molecule has 0 bridgehead atoms. The molecule has 0 spiro atoms. The van der Waals surface area contributed by atoms with E-state index in [2.05, 4.69) is 11.6 Å². The van der Waals surface area contributed by atoms with E-state index in [-0.39, 0.29) is 30.3 Å². The normalized spacial score (nSPS) is 20.3. The topological polar surface area (TPSA) is 118 Å². The van der Waals surface area contributed by atoms with Gasteiger partial charge < -0.3 is 14.5 Å². The summed E-state index contributed by atoms with van der Waals surface area (Å²) < 4.78 is 21.1. The average Bonchev–Trinajstić information content (AvgIpc) is 2.76. The summed E-state index contributed by atoms with van der Waals surface area (Å²) in [7, 11) is 0. The number of piperidine rings is 1. The molecule has 0 aliphatic carbocycles. The number of nitrogens with one attached hydrogen (secondary N) is 1. The van der Waals surface area contributed by atoms with Gasteiger partial charge in [0.1, 0.15) is 12.1 Å². The van der Waals surface area contributed by atoms with E-state index < -0.39 is 5.79 Å². The minimum Gasteiger partial charge on any atom is -0.488 e. The summed E-state index contributed by atoms with van der Waals surface area (Å²) in [6, 6.07) is 4.87. The number of alkyl halides is 1. The molecule has 2 aliphatic rings. The van der Waals surface area contributed by atoms with Gasteiger partial charge >= 0.3 is 0 Å². The lowest BCUT2D eigenvalue weighted by Gasteiger charge is -2.35. The predicted octanol–water partition coefficient (Wildman–Crippen LogP) is 1.97. The number of hydrogen-bond acceptors (Lipinski definition) is 7. The smallest absolute Gasteiger partial charge is 0.258 e. The Hall–Kier alpha value is -3.53. The van der Waals surface area contributed by atoms with Gasteiger partial charge in [0.2, 0.25) is 0 Å². The molecular formula is C22H25FN6O3. The first kappa shape index (κ1) is 21.7. The molecule has 10 heteroatoms. The quantitative estimate of drug-likeness (QED) is 0.557. The molecule has 1 unspecified atom stereocenters. The minimum absolute atomic E-state index is 0.0110. The van der Waals surface area contributed by atoms with Gasteiger partial charge in [-0.2, -0.15) is 0 Å². The maximum atomic E-state index is 14.2. The largest absolute Gasteiger partial charge is 0.488 e. The van der Waals surface area contributed by atoms with Crippen molar-refractivity contribution in [3.05, 3.63) is 53.8 Å². The van der Waals surface area contributed by atoms with Gasteiger partial charge in [-0.05, 0) is 31.9 Å². The lowest BCUT2D eigenvalue weighted by atomic mass is 10.0. The zero-order valence-corrected chi connectivity index (χ0v) is 17.8. The molecule has 1 atom stereocenters. The first-order valence-corrected chi connectivity index (χ1v) is 10.3. The third kappa shape index (κ3) is 4.13. The summed E-state index contributed by atoms with van der Waals surface area (Å²) in [5.41, 5.74) is 6.89. The molecule has 168 valence electrons. The number of carbonyl (C=O) groups is 2. The van der Waals surface area contributed by atoms with Crippen LogP contribution in [0.1, 0.15) is 34.9 Å². The van der Waals surface area contributed by atoms with Crippen molar-refractivity contribution < 1.29 is 18.7 Å². The summed E-state index contributed by atoms with van der Waals surface area (Å²) in [6.07, 6.45) is 3.68. The van der Waals surface area contributed by atoms with E-state index in [4.69, 9.17) is 15.9 Å². The van der Waals surface area contributed by atoms with Gasteiger partial charge in [-0.25, -0.2) is 9.37 Å². The highest BCUT2D eigenvalue weighted by Crippen LogP contribution is 2.35. The van der Waals surface area contributed by atoms with Crippen LogP contribution in [0, 0.1) is 5.41 Å². The van der Waals surface area contributed by atoms with E-state index >= 15 is 0 Å². The zero-order valence-electron chi connectivity index (χ0n) is 17.8. The van der Waals surface area contributed by atoms with Gasteiger partial charge in [-0.15, -0.1) is 0 Å². The number of allylic oxidation sites excluding steroid dienone is 1. The number of ether oxygens (including phenoxy) is 1. The van der Waals surface area contributed by atoms with Crippen LogP contribution in [-0.4, -0.2) is 58.3 Å². The summed E-state index contributed by atoms with van der Waals surface area (Å²) in [5.74, 6) is -1.67. The molecule has 1 saturated heterocycles. The lowest BCUT2D eigenvalue weighted by molar-refractivity contribution is 0.0368. The second kappa shape index (κ2) is 8.19. The van der Waals surface area contributed by atoms with Crippen LogP contribution in [0.25, 0.3) is 0 Å². The summed E-state index contributed by atoms with van der Waals surface area (Å²) in [6.45, 7) is 6.33. The average molecular weight is 440 g/mol. The maximum Gasteiger partial charge on any atom is 0.258 e. The van der Waals surface area contributed by atoms with Gasteiger partial charge in [-0.1, -0.05) is 6.58 Å². The van der Waals surface area contributed by atoms with Crippen LogP contribution in [-0.2, 0) is 0 Å². The van der Waals surface area contributed by atoms with Crippen LogP contribution >= 0.6 is 0 Å². The number of nitrogens with zero attached hydrogens (tertiary/aromatic N) is 4. The van der Waals surface area contributed by atoms with Crippen LogP contribution in [0.4, 0.5) is 15.9 Å². The summed E-state index contributed by atoms with van der Waals surface area (Å²) >= 11 is 0.